The highest BCUT2D eigenvalue weighted by Crippen LogP contribution is 2.29. The third-order valence-electron chi connectivity index (χ3n) is 9.91. The van der Waals surface area contributed by atoms with Crippen molar-refractivity contribution in [3.63, 3.8) is 0 Å². The molecule has 2 saturated heterocycles. The summed E-state index contributed by atoms with van der Waals surface area (Å²) in [7, 11) is 0. The number of carbonyl (C=O) groups excluding carboxylic acids is 2. The molecular formula is C41H48ClN5O4. The van der Waals surface area contributed by atoms with Crippen LogP contribution in [0.4, 0.5) is 4.79 Å². The van der Waals surface area contributed by atoms with Gasteiger partial charge in [0.05, 0.1) is 6.61 Å². The number of nitrogens with zero attached hydrogens (tertiary/aromatic N) is 4. The standard InChI is InChI=1S/C41H48ClN5O4/c1-2-50-39-35(14-9-20-43-39)29-46-24-26-47(27-25-46)40(48)38(44-41(49)51-30-31-10-5-3-6-11-31)33-17-21-45(22-18-33)23-19-34-28-36(42)15-16-37(34)32-12-7-4-8-13-32/h3-16,20,28,33,38H,2,17-19,21-27,29-30H2,1H3,(H,44,49)/t38-/m1/s1. The first-order valence-corrected chi connectivity index (χ1v) is 18.5. The molecule has 4 aromatic rings. The van der Waals surface area contributed by atoms with Crippen LogP contribution in [0.3, 0.4) is 0 Å². The van der Waals surface area contributed by atoms with Crippen molar-refractivity contribution in [1.29, 1.82) is 0 Å². The van der Waals surface area contributed by atoms with E-state index < -0.39 is 12.1 Å². The third kappa shape index (κ3) is 10.1. The van der Waals surface area contributed by atoms with Crippen LogP contribution in [0, 0.1) is 5.92 Å². The fourth-order valence-corrected chi connectivity index (χ4v) is 7.30. The Balaban J connectivity index is 1.07. The minimum atomic E-state index is -0.650. The largest absolute Gasteiger partial charge is 0.478 e. The minimum absolute atomic E-state index is 0.00579. The first-order chi connectivity index (χ1) is 25.0. The molecule has 0 saturated carbocycles. The molecule has 2 fully saturated rings. The van der Waals surface area contributed by atoms with Crippen molar-refractivity contribution in [1.82, 2.24) is 25.0 Å². The van der Waals surface area contributed by atoms with Crippen LogP contribution in [0.25, 0.3) is 11.1 Å². The SMILES string of the molecule is CCOc1ncccc1CN1CCN(C(=O)[C@H](NC(=O)OCc2ccccc2)C2CCN(CCc3cc(Cl)ccc3-c3ccccc3)CC2)CC1. The molecule has 2 amide bonds. The van der Waals surface area contributed by atoms with Gasteiger partial charge in [-0.25, -0.2) is 9.78 Å². The number of pyridine rings is 1. The minimum Gasteiger partial charge on any atom is -0.478 e. The highest BCUT2D eigenvalue weighted by Gasteiger charge is 2.36. The number of rotatable bonds is 13. The predicted octanol–water partition coefficient (Wildman–Crippen LogP) is 6.69. The zero-order chi connectivity index (χ0) is 35.4. The summed E-state index contributed by atoms with van der Waals surface area (Å²) < 4.78 is 11.3. The lowest BCUT2D eigenvalue weighted by Crippen LogP contribution is -2.58. The van der Waals surface area contributed by atoms with Gasteiger partial charge in [0, 0.05) is 56.1 Å². The Morgan fingerprint density at radius 2 is 1.59 bits per heavy atom. The molecule has 1 aromatic heterocycles. The van der Waals surface area contributed by atoms with Gasteiger partial charge in [-0.3, -0.25) is 9.69 Å². The topological polar surface area (TPSA) is 87.2 Å². The van der Waals surface area contributed by atoms with E-state index in [4.69, 9.17) is 21.1 Å². The second-order valence-electron chi connectivity index (χ2n) is 13.3. The Bertz CT molecular complexity index is 1710. The van der Waals surface area contributed by atoms with Crippen LogP contribution in [0.2, 0.25) is 5.02 Å². The van der Waals surface area contributed by atoms with Crippen molar-refractivity contribution >= 4 is 23.6 Å². The van der Waals surface area contributed by atoms with Crippen LogP contribution in [0.1, 0.15) is 36.5 Å². The number of piperidine rings is 1. The van der Waals surface area contributed by atoms with Crippen molar-refractivity contribution in [2.45, 2.75) is 45.4 Å². The van der Waals surface area contributed by atoms with Gasteiger partial charge in [-0.1, -0.05) is 84.4 Å². The number of piperazine rings is 1. The lowest BCUT2D eigenvalue weighted by atomic mass is 9.88. The number of ether oxygens (including phenoxy) is 2. The zero-order valence-corrected chi connectivity index (χ0v) is 30.1. The molecule has 0 spiro atoms. The van der Waals surface area contributed by atoms with Gasteiger partial charge in [-0.15, -0.1) is 0 Å². The van der Waals surface area contributed by atoms with Crippen molar-refractivity contribution in [2.75, 3.05) is 52.4 Å². The van der Waals surface area contributed by atoms with E-state index in [0.717, 1.165) is 68.1 Å². The molecule has 0 bridgehead atoms. The Morgan fingerprint density at radius 3 is 2.31 bits per heavy atom. The van der Waals surface area contributed by atoms with E-state index in [1.165, 1.54) is 16.7 Å². The summed E-state index contributed by atoms with van der Waals surface area (Å²) in [5, 5.41) is 3.75. The Hall–Kier alpha value is -4.44. The van der Waals surface area contributed by atoms with Crippen LogP contribution in [0.15, 0.2) is 97.2 Å². The molecular weight excluding hydrogens is 662 g/mol. The molecule has 3 aromatic carbocycles. The second kappa shape index (κ2) is 18.2. The van der Waals surface area contributed by atoms with Crippen molar-refractivity contribution in [2.24, 2.45) is 5.92 Å². The molecule has 3 heterocycles. The van der Waals surface area contributed by atoms with E-state index in [1.807, 2.05) is 66.4 Å². The second-order valence-corrected chi connectivity index (χ2v) is 13.7. The summed E-state index contributed by atoms with van der Waals surface area (Å²) in [4.78, 5) is 38.4. The van der Waals surface area contributed by atoms with Crippen molar-refractivity contribution in [3.8, 4) is 17.0 Å². The van der Waals surface area contributed by atoms with Crippen LogP contribution >= 0.6 is 11.6 Å². The van der Waals surface area contributed by atoms with Gasteiger partial charge in [0.2, 0.25) is 11.8 Å². The van der Waals surface area contributed by atoms with Gasteiger partial charge in [-0.05, 0) is 85.6 Å². The van der Waals surface area contributed by atoms with Crippen molar-refractivity contribution in [3.05, 3.63) is 119 Å². The molecule has 1 N–H and O–H groups in total. The van der Waals surface area contributed by atoms with Crippen LogP contribution in [0.5, 0.6) is 5.88 Å². The Morgan fingerprint density at radius 1 is 0.863 bits per heavy atom. The van der Waals surface area contributed by atoms with E-state index >= 15 is 0 Å². The summed E-state index contributed by atoms with van der Waals surface area (Å²) in [6.45, 7) is 8.58. The average Bonchev–Trinajstić information content (AvgIpc) is 3.17. The third-order valence-corrected chi connectivity index (χ3v) is 10.1. The number of hydrogen-bond donors (Lipinski definition) is 1. The first-order valence-electron chi connectivity index (χ1n) is 18.1. The summed E-state index contributed by atoms with van der Waals surface area (Å²) >= 11 is 6.43. The van der Waals surface area contributed by atoms with E-state index in [1.54, 1.807) is 6.20 Å². The number of benzene rings is 3. The van der Waals surface area contributed by atoms with Gasteiger partial charge >= 0.3 is 6.09 Å². The molecule has 10 heteroatoms. The fraction of sp³-hybridized carbons (Fsp3) is 0.390. The van der Waals surface area contributed by atoms with Crippen LogP contribution < -0.4 is 10.1 Å². The maximum atomic E-state index is 14.2. The zero-order valence-electron chi connectivity index (χ0n) is 29.4. The maximum absolute atomic E-state index is 14.2. The monoisotopic (exact) mass is 709 g/mol. The first kappa shape index (κ1) is 36.4. The smallest absolute Gasteiger partial charge is 0.408 e. The van der Waals surface area contributed by atoms with Crippen molar-refractivity contribution < 1.29 is 19.1 Å². The fourth-order valence-electron chi connectivity index (χ4n) is 7.10. The summed E-state index contributed by atoms with van der Waals surface area (Å²) in [6.07, 6.45) is 3.66. The number of aromatic nitrogens is 1. The van der Waals surface area contributed by atoms with Gasteiger partial charge in [0.25, 0.3) is 0 Å². The predicted molar refractivity (Wildman–Crippen MR) is 201 cm³/mol. The Labute approximate surface area is 306 Å². The molecule has 2 aliphatic rings. The highest BCUT2D eigenvalue weighted by molar-refractivity contribution is 6.30. The molecule has 9 nitrogen and oxygen atoms in total. The summed E-state index contributed by atoms with van der Waals surface area (Å²) in [5.41, 5.74) is 5.55. The number of hydrogen-bond acceptors (Lipinski definition) is 7. The number of halogens is 1. The molecule has 1 atom stereocenters. The summed E-state index contributed by atoms with van der Waals surface area (Å²) in [6, 6.07) is 29.4. The quantitative estimate of drug-likeness (QED) is 0.166. The van der Waals surface area contributed by atoms with Crippen LogP contribution in [-0.2, 0) is 29.1 Å². The lowest BCUT2D eigenvalue weighted by Gasteiger charge is -2.40. The molecule has 268 valence electrons. The van der Waals surface area contributed by atoms with E-state index in [2.05, 4.69) is 56.5 Å². The molecule has 6 rings (SSSR count). The van der Waals surface area contributed by atoms with E-state index in [-0.39, 0.29) is 18.4 Å². The number of amides is 2. The number of nitrogens with one attached hydrogen (secondary N) is 1. The van der Waals surface area contributed by atoms with Crippen LogP contribution in [-0.4, -0.2) is 90.1 Å². The van der Waals surface area contributed by atoms with Gasteiger partial charge in [0.1, 0.15) is 12.6 Å². The van der Waals surface area contributed by atoms with E-state index in [0.29, 0.717) is 32.1 Å². The summed E-state index contributed by atoms with van der Waals surface area (Å²) in [5.74, 6) is 0.631. The van der Waals surface area contributed by atoms with E-state index in [9.17, 15) is 9.59 Å². The molecule has 2 aliphatic heterocycles. The Kier molecular flexibility index (Phi) is 13.0. The van der Waals surface area contributed by atoms with Gasteiger partial charge in [0.15, 0.2) is 0 Å². The molecule has 51 heavy (non-hydrogen) atoms. The number of likely N-dealkylation sites (tertiary alicyclic amines) is 1. The average molecular weight is 710 g/mol. The molecule has 0 aliphatic carbocycles. The van der Waals surface area contributed by atoms with Gasteiger partial charge < -0.3 is 24.6 Å². The van der Waals surface area contributed by atoms with Gasteiger partial charge in [-0.2, -0.15) is 0 Å². The number of alkyl carbamates (subject to hydrolysis) is 1. The normalized spacial score (nSPS) is 16.4. The molecule has 0 unspecified atom stereocenters. The lowest BCUT2D eigenvalue weighted by molar-refractivity contribution is -0.137. The maximum Gasteiger partial charge on any atom is 0.408 e. The highest BCUT2D eigenvalue weighted by atomic mass is 35.5. The molecule has 0 radical (unpaired) electrons. The number of carbonyl (C=O) groups is 2.